The Morgan fingerprint density at radius 2 is 1.72 bits per heavy atom. The van der Waals surface area contributed by atoms with Gasteiger partial charge < -0.3 is 10.0 Å². The summed E-state index contributed by atoms with van der Waals surface area (Å²) in [6.45, 7) is 9.12. The van der Waals surface area contributed by atoms with Crippen LogP contribution in [0.5, 0.6) is 0 Å². The molecule has 1 heterocycles. The number of nitrogens with zero attached hydrogens (tertiary/aromatic N) is 1. The van der Waals surface area contributed by atoms with E-state index in [0.29, 0.717) is 12.8 Å². The Hall–Kier alpha value is -1.89. The fourth-order valence-corrected chi connectivity index (χ4v) is 5.33. The summed E-state index contributed by atoms with van der Waals surface area (Å²) in [5.41, 5.74) is 2.07. The van der Waals surface area contributed by atoms with Crippen LogP contribution in [0.25, 0.3) is 0 Å². The highest BCUT2D eigenvalue weighted by Crippen LogP contribution is 2.39. The zero-order valence-electron chi connectivity index (χ0n) is 18.0. The molecule has 2 unspecified atom stereocenters. The molecule has 1 N–H and O–H groups in total. The Bertz CT molecular complexity index is 829. The molecule has 1 aromatic carbocycles. The van der Waals surface area contributed by atoms with Crippen LogP contribution in [-0.4, -0.2) is 47.3 Å². The number of rotatable bonds is 8. The quantitative estimate of drug-likeness (QED) is 0.690. The molecule has 1 amide bonds. The molecule has 3 atom stereocenters. The molecule has 1 aromatic rings. The van der Waals surface area contributed by atoms with E-state index in [1.807, 2.05) is 45.0 Å². The van der Waals surface area contributed by atoms with Crippen molar-refractivity contribution in [1.82, 2.24) is 4.90 Å². The van der Waals surface area contributed by atoms with Crippen LogP contribution in [0.3, 0.4) is 0 Å². The maximum atomic E-state index is 13.4. The van der Waals surface area contributed by atoms with Crippen molar-refractivity contribution >= 4 is 21.7 Å². The molecule has 0 saturated carbocycles. The number of carbonyl (C=O) groups is 2. The van der Waals surface area contributed by atoms with Crippen LogP contribution in [0, 0.1) is 18.8 Å². The molecule has 0 spiro atoms. The molecule has 0 bridgehead atoms. The normalized spacial score (nSPS) is 21.6. The first-order chi connectivity index (χ1) is 13.4. The van der Waals surface area contributed by atoms with E-state index in [2.05, 4.69) is 0 Å². The number of aliphatic carboxylic acids is 1. The molecule has 1 saturated heterocycles. The van der Waals surface area contributed by atoms with Crippen LogP contribution in [0.15, 0.2) is 24.3 Å². The molecule has 1 aliphatic rings. The van der Waals surface area contributed by atoms with Gasteiger partial charge in [-0.05, 0) is 45.1 Å². The van der Waals surface area contributed by atoms with Gasteiger partial charge in [-0.3, -0.25) is 9.59 Å². The maximum absolute atomic E-state index is 13.4. The van der Waals surface area contributed by atoms with Crippen LogP contribution in [0.4, 0.5) is 0 Å². The molecule has 1 fully saturated rings. The van der Waals surface area contributed by atoms with Gasteiger partial charge in [-0.15, -0.1) is 0 Å². The predicted molar refractivity (Wildman–Crippen MR) is 113 cm³/mol. The Labute approximate surface area is 174 Å². The van der Waals surface area contributed by atoms with E-state index in [1.54, 1.807) is 18.7 Å². The molecule has 162 valence electrons. The lowest BCUT2D eigenvalue weighted by Gasteiger charge is -2.45. The van der Waals surface area contributed by atoms with Crippen LogP contribution in [-0.2, 0) is 19.4 Å². The van der Waals surface area contributed by atoms with Crippen molar-refractivity contribution in [2.45, 2.75) is 71.2 Å². The van der Waals surface area contributed by atoms with Gasteiger partial charge in [-0.2, -0.15) is 0 Å². The number of piperidine rings is 1. The van der Waals surface area contributed by atoms with E-state index < -0.39 is 33.0 Å². The summed E-state index contributed by atoms with van der Waals surface area (Å²) < 4.78 is 25.4. The van der Waals surface area contributed by atoms with Crippen molar-refractivity contribution in [2.24, 2.45) is 11.8 Å². The van der Waals surface area contributed by atoms with Gasteiger partial charge in [-0.25, -0.2) is 8.42 Å². The molecule has 7 heteroatoms. The molecule has 1 aliphatic heterocycles. The molecule has 2 rings (SSSR count). The number of benzene rings is 1. The molecular weight excluding hydrogens is 390 g/mol. The van der Waals surface area contributed by atoms with Gasteiger partial charge in [0.15, 0.2) is 9.84 Å². The third-order valence-corrected chi connectivity index (χ3v) is 8.10. The first kappa shape index (κ1) is 23.4. The van der Waals surface area contributed by atoms with Gasteiger partial charge >= 0.3 is 5.97 Å². The van der Waals surface area contributed by atoms with Gasteiger partial charge in [-0.1, -0.05) is 43.7 Å². The minimum atomic E-state index is -3.38. The molecule has 0 radical (unpaired) electrons. The Kier molecular flexibility index (Phi) is 7.49. The molecule has 29 heavy (non-hydrogen) atoms. The highest BCUT2D eigenvalue weighted by atomic mass is 32.2. The van der Waals surface area contributed by atoms with E-state index in [9.17, 15) is 23.1 Å². The average molecular weight is 424 g/mol. The second kappa shape index (κ2) is 9.28. The van der Waals surface area contributed by atoms with Gasteiger partial charge in [0.25, 0.3) is 0 Å². The summed E-state index contributed by atoms with van der Waals surface area (Å²) in [5, 5.41) is 8.69. The summed E-state index contributed by atoms with van der Waals surface area (Å²) in [5.74, 6) is -2.06. The number of carboxylic acids is 1. The largest absolute Gasteiger partial charge is 0.481 e. The number of carboxylic acid groups (broad SMARTS) is 1. The fraction of sp³-hybridized carbons (Fsp3) is 0.636. The number of likely N-dealkylation sites (tertiary alicyclic amines) is 1. The lowest BCUT2D eigenvalue weighted by molar-refractivity contribution is -0.151. The predicted octanol–water partition coefficient (Wildman–Crippen LogP) is 3.60. The smallest absolute Gasteiger partial charge is 0.304 e. The molecular formula is C22H33NO5S. The van der Waals surface area contributed by atoms with Crippen molar-refractivity contribution in [3.63, 3.8) is 0 Å². The summed E-state index contributed by atoms with van der Waals surface area (Å²) >= 11 is 0. The summed E-state index contributed by atoms with van der Waals surface area (Å²) in [7, 11) is -3.38. The van der Waals surface area contributed by atoms with E-state index in [-0.39, 0.29) is 30.0 Å². The number of carbonyl (C=O) groups excluding carboxylic acids is 1. The summed E-state index contributed by atoms with van der Waals surface area (Å²) in [6.07, 6.45) is 0.886. The van der Waals surface area contributed by atoms with Crippen molar-refractivity contribution < 1.29 is 23.1 Å². The molecule has 6 nitrogen and oxygen atoms in total. The number of sulfone groups is 1. The lowest BCUT2D eigenvalue weighted by Crippen LogP contribution is -2.54. The van der Waals surface area contributed by atoms with E-state index in [0.717, 1.165) is 11.1 Å². The Morgan fingerprint density at radius 3 is 2.21 bits per heavy atom. The minimum Gasteiger partial charge on any atom is -0.481 e. The number of aryl methyl sites for hydroxylation is 1. The third kappa shape index (κ3) is 5.59. The third-order valence-electron chi connectivity index (χ3n) is 5.86. The lowest BCUT2D eigenvalue weighted by atomic mass is 9.84. The van der Waals surface area contributed by atoms with Crippen molar-refractivity contribution in [2.75, 3.05) is 5.75 Å². The zero-order valence-corrected chi connectivity index (χ0v) is 18.8. The molecule has 0 aliphatic carbocycles. The van der Waals surface area contributed by atoms with Crippen LogP contribution < -0.4 is 0 Å². The topological polar surface area (TPSA) is 91.8 Å². The number of hydrogen-bond donors (Lipinski definition) is 1. The highest BCUT2D eigenvalue weighted by molar-refractivity contribution is 7.92. The minimum absolute atomic E-state index is 0.0796. The summed E-state index contributed by atoms with van der Waals surface area (Å²) in [4.78, 5) is 26.3. The second-order valence-electron chi connectivity index (χ2n) is 8.73. The first-order valence-corrected chi connectivity index (χ1v) is 12.0. The maximum Gasteiger partial charge on any atom is 0.304 e. The van der Waals surface area contributed by atoms with Gasteiger partial charge in [0, 0.05) is 12.0 Å². The Morgan fingerprint density at radius 1 is 1.14 bits per heavy atom. The number of hydrogen-bond acceptors (Lipinski definition) is 4. The van der Waals surface area contributed by atoms with Crippen LogP contribution >= 0.6 is 0 Å². The Balaban J connectivity index is 2.49. The van der Waals surface area contributed by atoms with Crippen molar-refractivity contribution in [1.29, 1.82) is 0 Å². The monoisotopic (exact) mass is 423 g/mol. The van der Waals surface area contributed by atoms with Gasteiger partial charge in [0.05, 0.1) is 23.5 Å². The fourth-order valence-electron chi connectivity index (χ4n) is 3.92. The van der Waals surface area contributed by atoms with Gasteiger partial charge in [0.1, 0.15) is 0 Å². The second-order valence-corrected chi connectivity index (χ2v) is 11.3. The average Bonchev–Trinajstić information content (AvgIpc) is 2.62. The number of amides is 1. The first-order valence-electron chi connectivity index (χ1n) is 10.3. The SMILES string of the molecule is Cc1ccc(C2CC[C@H](CC(=O)O)C(=O)N2C(CS(=O)(=O)C(C)C)C(C)C)cc1. The summed E-state index contributed by atoms with van der Waals surface area (Å²) in [6, 6.07) is 7.17. The van der Waals surface area contributed by atoms with Crippen molar-refractivity contribution in [3.05, 3.63) is 35.4 Å². The van der Waals surface area contributed by atoms with Crippen LogP contribution in [0.2, 0.25) is 0 Å². The zero-order chi connectivity index (χ0) is 21.9. The van der Waals surface area contributed by atoms with E-state index >= 15 is 0 Å². The van der Waals surface area contributed by atoms with Gasteiger partial charge in [0.2, 0.25) is 5.91 Å². The molecule has 0 aromatic heterocycles. The van der Waals surface area contributed by atoms with E-state index in [4.69, 9.17) is 0 Å². The van der Waals surface area contributed by atoms with E-state index in [1.165, 1.54) is 0 Å². The van der Waals surface area contributed by atoms with Crippen LogP contribution in [0.1, 0.15) is 64.1 Å². The highest BCUT2D eigenvalue weighted by Gasteiger charge is 2.43. The van der Waals surface area contributed by atoms with Crippen molar-refractivity contribution in [3.8, 4) is 0 Å². The standard InChI is InChI=1S/C22H33NO5S/c1-14(2)20(13-29(27,28)15(3)4)23-19(17-8-6-16(5)7-9-17)11-10-18(22(23)26)12-21(24)25/h6-9,14-15,18-20H,10-13H2,1-5H3,(H,24,25)/t18-,19?,20?/m1/s1.